The van der Waals surface area contributed by atoms with Crippen molar-refractivity contribution >= 4 is 0 Å². The summed E-state index contributed by atoms with van der Waals surface area (Å²) in [5.41, 5.74) is 0. The van der Waals surface area contributed by atoms with Crippen LogP contribution in [0.5, 0.6) is 0 Å². The van der Waals surface area contributed by atoms with Crippen LogP contribution in [-0.4, -0.2) is 64.2 Å². The third-order valence-corrected chi connectivity index (χ3v) is 4.97. The molecule has 0 radical (unpaired) electrons. The smallest absolute Gasteiger partial charge is 0.137 e. The summed E-state index contributed by atoms with van der Waals surface area (Å²) in [6.07, 6.45) is -4.37. The van der Waals surface area contributed by atoms with Crippen molar-refractivity contribution in [2.45, 2.75) is 64.8 Å². The van der Waals surface area contributed by atoms with Crippen molar-refractivity contribution in [3.05, 3.63) is 0 Å². The van der Waals surface area contributed by atoms with Gasteiger partial charge >= 0.3 is 0 Å². The summed E-state index contributed by atoms with van der Waals surface area (Å²) in [7, 11) is 0. The molecule has 0 aliphatic carbocycles. The van der Waals surface area contributed by atoms with E-state index in [4.69, 9.17) is 9.84 Å². The molecule has 1 aliphatic heterocycles. The summed E-state index contributed by atoms with van der Waals surface area (Å²) < 4.78 is 5.43. The summed E-state index contributed by atoms with van der Waals surface area (Å²) >= 11 is 0. The highest BCUT2D eigenvalue weighted by Gasteiger charge is 2.43. The SMILES string of the molecule is CC[C@@H](C)[C@@H](C)[C@@H](C)CN[C@@H]1OC(CO)[C@H](O)[C@H](O)C1O. The molecule has 21 heavy (non-hydrogen) atoms. The first-order valence-electron chi connectivity index (χ1n) is 7.87. The Labute approximate surface area is 127 Å². The fraction of sp³-hybridized carbons (Fsp3) is 1.00. The zero-order valence-corrected chi connectivity index (χ0v) is 13.4. The second kappa shape index (κ2) is 8.41. The Morgan fingerprint density at radius 2 is 1.62 bits per heavy atom. The van der Waals surface area contributed by atoms with Crippen molar-refractivity contribution in [2.24, 2.45) is 17.8 Å². The van der Waals surface area contributed by atoms with Crippen LogP contribution in [0.2, 0.25) is 0 Å². The van der Waals surface area contributed by atoms with Crippen molar-refractivity contribution in [2.75, 3.05) is 13.2 Å². The molecule has 1 heterocycles. The van der Waals surface area contributed by atoms with Gasteiger partial charge in [-0.3, -0.25) is 5.32 Å². The molecule has 0 spiro atoms. The molecule has 8 atom stereocenters. The van der Waals surface area contributed by atoms with E-state index in [1.54, 1.807) is 0 Å². The molecule has 0 aromatic heterocycles. The molecule has 126 valence electrons. The van der Waals surface area contributed by atoms with E-state index in [0.717, 1.165) is 6.42 Å². The minimum absolute atomic E-state index is 0.382. The first-order valence-corrected chi connectivity index (χ1v) is 7.87. The van der Waals surface area contributed by atoms with Crippen LogP contribution >= 0.6 is 0 Å². The lowest BCUT2D eigenvalue weighted by Crippen LogP contribution is -2.62. The van der Waals surface area contributed by atoms with E-state index in [1.807, 2.05) is 0 Å². The maximum Gasteiger partial charge on any atom is 0.137 e. The van der Waals surface area contributed by atoms with Crippen molar-refractivity contribution < 1.29 is 25.2 Å². The standard InChI is InChI=1S/C15H31NO5/c1-5-8(2)10(4)9(3)6-16-15-14(20)13(19)12(18)11(7-17)21-15/h8-20H,5-7H2,1-4H3/t8-,9+,10-,11?,12+,13+,14?,15-/m1/s1. The molecule has 1 saturated heterocycles. The highest BCUT2D eigenvalue weighted by Crippen LogP contribution is 2.24. The fourth-order valence-electron chi connectivity index (χ4n) is 2.69. The first-order chi connectivity index (χ1) is 9.83. The average molecular weight is 305 g/mol. The van der Waals surface area contributed by atoms with Gasteiger partial charge in [0.1, 0.15) is 30.6 Å². The van der Waals surface area contributed by atoms with E-state index in [2.05, 4.69) is 33.0 Å². The predicted molar refractivity (Wildman–Crippen MR) is 79.6 cm³/mol. The minimum Gasteiger partial charge on any atom is -0.394 e. The molecule has 6 heteroatoms. The second-order valence-corrected chi connectivity index (χ2v) is 6.38. The molecule has 0 bridgehead atoms. The highest BCUT2D eigenvalue weighted by atomic mass is 16.6. The quantitative estimate of drug-likeness (QED) is 0.442. The molecule has 0 aromatic rings. The lowest BCUT2D eigenvalue weighted by molar-refractivity contribution is -0.237. The van der Waals surface area contributed by atoms with Gasteiger partial charge < -0.3 is 25.2 Å². The number of ether oxygens (including phenoxy) is 1. The van der Waals surface area contributed by atoms with E-state index < -0.39 is 37.3 Å². The molecule has 1 aliphatic rings. The van der Waals surface area contributed by atoms with E-state index in [0.29, 0.717) is 24.3 Å². The maximum atomic E-state index is 9.95. The molecule has 5 N–H and O–H groups in total. The number of rotatable bonds is 7. The van der Waals surface area contributed by atoms with Crippen molar-refractivity contribution in [3.8, 4) is 0 Å². The Balaban J connectivity index is 2.53. The van der Waals surface area contributed by atoms with Gasteiger partial charge in [-0.2, -0.15) is 0 Å². The van der Waals surface area contributed by atoms with Crippen LogP contribution in [-0.2, 0) is 4.74 Å². The summed E-state index contributed by atoms with van der Waals surface area (Å²) in [5.74, 6) is 1.51. The summed E-state index contributed by atoms with van der Waals surface area (Å²) in [5, 5.41) is 41.6. The summed E-state index contributed by atoms with van der Waals surface area (Å²) in [6, 6.07) is 0. The van der Waals surface area contributed by atoms with Crippen LogP contribution < -0.4 is 5.32 Å². The molecular weight excluding hydrogens is 274 g/mol. The molecular formula is C15H31NO5. The predicted octanol–water partition coefficient (Wildman–Crippen LogP) is -0.306. The molecule has 0 saturated carbocycles. The van der Waals surface area contributed by atoms with Crippen LogP contribution in [0.1, 0.15) is 34.1 Å². The van der Waals surface area contributed by atoms with Gasteiger partial charge in [-0.05, 0) is 17.8 Å². The third-order valence-electron chi connectivity index (χ3n) is 4.97. The van der Waals surface area contributed by atoms with Crippen molar-refractivity contribution in [1.29, 1.82) is 0 Å². The Morgan fingerprint density at radius 3 is 2.14 bits per heavy atom. The van der Waals surface area contributed by atoms with Crippen molar-refractivity contribution in [3.63, 3.8) is 0 Å². The minimum atomic E-state index is -1.32. The Morgan fingerprint density at radius 1 is 1.00 bits per heavy atom. The third kappa shape index (κ3) is 4.61. The Bertz CT molecular complexity index is 302. The van der Waals surface area contributed by atoms with Crippen LogP contribution in [0.4, 0.5) is 0 Å². The molecule has 0 aromatic carbocycles. The van der Waals surface area contributed by atoms with Gasteiger partial charge in [0.25, 0.3) is 0 Å². The van der Waals surface area contributed by atoms with Gasteiger partial charge in [0.2, 0.25) is 0 Å². The number of aliphatic hydroxyl groups excluding tert-OH is 4. The second-order valence-electron chi connectivity index (χ2n) is 6.38. The monoisotopic (exact) mass is 305 g/mol. The van der Waals surface area contributed by atoms with Gasteiger partial charge in [0.05, 0.1) is 6.61 Å². The largest absolute Gasteiger partial charge is 0.394 e. The highest BCUT2D eigenvalue weighted by molar-refractivity contribution is 4.91. The van der Waals surface area contributed by atoms with Crippen LogP contribution in [0.25, 0.3) is 0 Å². The molecule has 1 fully saturated rings. The lowest BCUT2D eigenvalue weighted by Gasteiger charge is -2.41. The van der Waals surface area contributed by atoms with Gasteiger partial charge in [0, 0.05) is 6.54 Å². The van der Waals surface area contributed by atoms with Crippen LogP contribution in [0.3, 0.4) is 0 Å². The van der Waals surface area contributed by atoms with Gasteiger partial charge in [-0.1, -0.05) is 34.1 Å². The normalized spacial score (nSPS) is 38.0. The van der Waals surface area contributed by atoms with E-state index in [-0.39, 0.29) is 0 Å². The molecule has 2 unspecified atom stereocenters. The maximum absolute atomic E-state index is 9.95. The number of aliphatic hydroxyl groups is 4. The van der Waals surface area contributed by atoms with Crippen molar-refractivity contribution in [1.82, 2.24) is 5.32 Å². The summed E-state index contributed by atoms with van der Waals surface area (Å²) in [6.45, 7) is 8.95. The molecule has 1 rings (SSSR count). The Kier molecular flexibility index (Phi) is 7.53. The molecule has 0 amide bonds. The van der Waals surface area contributed by atoms with E-state index >= 15 is 0 Å². The van der Waals surface area contributed by atoms with E-state index in [1.165, 1.54) is 0 Å². The number of hydrogen-bond donors (Lipinski definition) is 5. The number of hydrogen-bond acceptors (Lipinski definition) is 6. The van der Waals surface area contributed by atoms with Gasteiger partial charge in [-0.15, -0.1) is 0 Å². The first kappa shape index (κ1) is 18.8. The average Bonchev–Trinajstić information content (AvgIpc) is 2.50. The lowest BCUT2D eigenvalue weighted by atomic mass is 9.83. The zero-order valence-electron chi connectivity index (χ0n) is 13.4. The molecule has 6 nitrogen and oxygen atoms in total. The van der Waals surface area contributed by atoms with Gasteiger partial charge in [-0.25, -0.2) is 0 Å². The van der Waals surface area contributed by atoms with Crippen LogP contribution in [0, 0.1) is 17.8 Å². The van der Waals surface area contributed by atoms with E-state index in [9.17, 15) is 15.3 Å². The number of nitrogens with one attached hydrogen (secondary N) is 1. The Hall–Kier alpha value is -0.240. The fourth-order valence-corrected chi connectivity index (χ4v) is 2.69. The zero-order chi connectivity index (χ0) is 16.2. The topological polar surface area (TPSA) is 102 Å². The van der Waals surface area contributed by atoms with Gasteiger partial charge in [0.15, 0.2) is 0 Å². The van der Waals surface area contributed by atoms with Crippen LogP contribution in [0.15, 0.2) is 0 Å². The summed E-state index contributed by atoms with van der Waals surface area (Å²) in [4.78, 5) is 0.